The summed E-state index contributed by atoms with van der Waals surface area (Å²) in [5.41, 5.74) is 7.41. The van der Waals surface area contributed by atoms with Crippen LogP contribution in [0.5, 0.6) is 0 Å². The molecule has 0 aliphatic carbocycles. The Hall–Kier alpha value is -2.37. The minimum atomic E-state index is -0.302. The maximum atomic E-state index is 12.7. The van der Waals surface area contributed by atoms with Crippen molar-refractivity contribution in [2.75, 3.05) is 24.5 Å². The Bertz CT molecular complexity index is 663. The monoisotopic (exact) mass is 343 g/mol. The van der Waals surface area contributed by atoms with Gasteiger partial charge in [-0.15, -0.1) is 0 Å². The normalized spacial score (nSPS) is 21.6. The average Bonchev–Trinajstić information content (AvgIpc) is 3.03. The predicted octanol–water partition coefficient (Wildman–Crippen LogP) is 1.33. The highest BCUT2D eigenvalue weighted by molar-refractivity contribution is 6.00. The molecule has 0 aromatic heterocycles. The molecule has 2 N–H and O–H groups in total. The van der Waals surface area contributed by atoms with Gasteiger partial charge in [0.15, 0.2) is 0 Å². The lowest BCUT2D eigenvalue weighted by molar-refractivity contribution is -0.138. The van der Waals surface area contributed by atoms with Gasteiger partial charge in [0.05, 0.1) is 5.92 Å². The van der Waals surface area contributed by atoms with Gasteiger partial charge in [-0.25, -0.2) is 0 Å². The SMILES string of the molecule is CCc1ccc(N2C[C@@H](C(=O)N3CCC(C(N)=O)CC3)CC2=O)cc1. The van der Waals surface area contributed by atoms with Gasteiger partial charge >= 0.3 is 0 Å². The summed E-state index contributed by atoms with van der Waals surface area (Å²) in [7, 11) is 0. The fourth-order valence-corrected chi connectivity index (χ4v) is 3.68. The van der Waals surface area contributed by atoms with Crippen molar-refractivity contribution in [1.29, 1.82) is 0 Å². The number of rotatable bonds is 4. The average molecular weight is 343 g/mol. The van der Waals surface area contributed by atoms with Crippen LogP contribution >= 0.6 is 0 Å². The number of hydrogen-bond donors (Lipinski definition) is 1. The standard InChI is InChI=1S/C19H25N3O3/c1-2-13-3-5-16(6-4-13)22-12-15(11-17(22)23)19(25)21-9-7-14(8-10-21)18(20)24/h3-6,14-15H,2,7-12H2,1H3,(H2,20,24)/t15-/m0/s1. The van der Waals surface area contributed by atoms with Crippen LogP contribution in [-0.2, 0) is 20.8 Å². The van der Waals surface area contributed by atoms with Gasteiger partial charge in [0.1, 0.15) is 0 Å². The van der Waals surface area contributed by atoms with Crippen LogP contribution in [0.15, 0.2) is 24.3 Å². The van der Waals surface area contributed by atoms with Crippen LogP contribution < -0.4 is 10.6 Å². The Morgan fingerprint density at radius 2 is 1.76 bits per heavy atom. The third kappa shape index (κ3) is 3.67. The summed E-state index contributed by atoms with van der Waals surface area (Å²) >= 11 is 0. The van der Waals surface area contributed by atoms with E-state index in [1.807, 2.05) is 24.3 Å². The smallest absolute Gasteiger partial charge is 0.228 e. The van der Waals surface area contributed by atoms with Crippen LogP contribution in [0.3, 0.4) is 0 Å². The molecule has 1 aromatic carbocycles. The van der Waals surface area contributed by atoms with Gasteiger partial charge in [-0.3, -0.25) is 14.4 Å². The zero-order valence-electron chi connectivity index (χ0n) is 14.6. The lowest BCUT2D eigenvalue weighted by atomic mass is 9.95. The predicted molar refractivity (Wildman–Crippen MR) is 94.8 cm³/mol. The van der Waals surface area contributed by atoms with E-state index in [4.69, 9.17) is 5.73 Å². The molecule has 3 rings (SSSR count). The summed E-state index contributed by atoms with van der Waals surface area (Å²) in [5.74, 6) is -0.713. The Morgan fingerprint density at radius 3 is 2.32 bits per heavy atom. The van der Waals surface area contributed by atoms with Crippen LogP contribution in [0.2, 0.25) is 0 Å². The van der Waals surface area contributed by atoms with Gasteiger partial charge in [-0.1, -0.05) is 19.1 Å². The zero-order chi connectivity index (χ0) is 18.0. The highest BCUT2D eigenvalue weighted by atomic mass is 16.2. The second-order valence-corrected chi connectivity index (χ2v) is 6.93. The molecule has 2 aliphatic heterocycles. The van der Waals surface area contributed by atoms with E-state index < -0.39 is 0 Å². The molecule has 0 radical (unpaired) electrons. The maximum Gasteiger partial charge on any atom is 0.228 e. The summed E-state index contributed by atoms with van der Waals surface area (Å²) in [6.07, 6.45) is 2.44. The Kier molecular flexibility index (Phi) is 5.06. The minimum absolute atomic E-state index is 0.00498. The number of primary amides is 1. The van der Waals surface area contributed by atoms with Gasteiger partial charge < -0.3 is 15.5 Å². The zero-order valence-corrected chi connectivity index (χ0v) is 14.6. The Morgan fingerprint density at radius 1 is 1.12 bits per heavy atom. The van der Waals surface area contributed by atoms with E-state index in [-0.39, 0.29) is 36.0 Å². The van der Waals surface area contributed by atoms with E-state index in [9.17, 15) is 14.4 Å². The van der Waals surface area contributed by atoms with Crippen LogP contribution in [0.4, 0.5) is 5.69 Å². The number of aryl methyl sites for hydroxylation is 1. The number of likely N-dealkylation sites (tertiary alicyclic amines) is 1. The lowest BCUT2D eigenvalue weighted by Crippen LogP contribution is -2.44. The molecule has 0 spiro atoms. The molecular weight excluding hydrogens is 318 g/mol. The molecule has 0 bridgehead atoms. The van der Waals surface area contributed by atoms with Gasteiger partial charge in [-0.05, 0) is 37.0 Å². The molecule has 0 saturated carbocycles. The van der Waals surface area contributed by atoms with Crippen molar-refractivity contribution in [3.05, 3.63) is 29.8 Å². The van der Waals surface area contributed by atoms with Crippen molar-refractivity contribution in [3.63, 3.8) is 0 Å². The summed E-state index contributed by atoms with van der Waals surface area (Å²) in [6, 6.07) is 7.93. The van der Waals surface area contributed by atoms with Crippen LogP contribution in [0, 0.1) is 11.8 Å². The summed E-state index contributed by atoms with van der Waals surface area (Å²) < 4.78 is 0. The lowest BCUT2D eigenvalue weighted by Gasteiger charge is -2.32. The fourth-order valence-electron chi connectivity index (χ4n) is 3.68. The Labute approximate surface area is 148 Å². The first-order chi connectivity index (χ1) is 12.0. The van der Waals surface area contributed by atoms with Crippen molar-refractivity contribution < 1.29 is 14.4 Å². The maximum absolute atomic E-state index is 12.7. The highest BCUT2D eigenvalue weighted by Crippen LogP contribution is 2.28. The van der Waals surface area contributed by atoms with Gasteiger partial charge in [0.25, 0.3) is 0 Å². The molecule has 25 heavy (non-hydrogen) atoms. The van der Waals surface area contributed by atoms with Crippen LogP contribution in [0.25, 0.3) is 0 Å². The molecule has 2 aliphatic rings. The molecule has 3 amide bonds. The first kappa shape index (κ1) is 17.5. The summed E-state index contributed by atoms with van der Waals surface area (Å²) in [6.45, 7) is 3.61. The molecule has 6 nitrogen and oxygen atoms in total. The molecular formula is C19H25N3O3. The molecule has 2 fully saturated rings. The van der Waals surface area contributed by atoms with Crippen molar-refractivity contribution in [3.8, 4) is 0 Å². The van der Waals surface area contributed by atoms with E-state index in [1.54, 1.807) is 9.80 Å². The number of nitrogens with zero attached hydrogens (tertiary/aromatic N) is 2. The fraction of sp³-hybridized carbons (Fsp3) is 0.526. The van der Waals surface area contributed by atoms with Crippen molar-refractivity contribution in [1.82, 2.24) is 4.90 Å². The van der Waals surface area contributed by atoms with Gasteiger partial charge in [0, 0.05) is 37.7 Å². The number of anilines is 1. The quantitative estimate of drug-likeness (QED) is 0.895. The van der Waals surface area contributed by atoms with Crippen molar-refractivity contribution >= 4 is 23.4 Å². The first-order valence-corrected chi connectivity index (χ1v) is 8.97. The molecule has 0 unspecified atom stereocenters. The number of nitrogens with two attached hydrogens (primary N) is 1. The Balaban J connectivity index is 1.62. The van der Waals surface area contributed by atoms with E-state index in [0.29, 0.717) is 32.5 Å². The summed E-state index contributed by atoms with van der Waals surface area (Å²) in [4.78, 5) is 39.8. The number of amides is 3. The number of hydrogen-bond acceptors (Lipinski definition) is 3. The molecule has 1 aromatic rings. The summed E-state index contributed by atoms with van der Waals surface area (Å²) in [5, 5.41) is 0. The van der Waals surface area contributed by atoms with E-state index in [2.05, 4.69) is 6.92 Å². The van der Waals surface area contributed by atoms with Crippen LogP contribution in [-0.4, -0.2) is 42.3 Å². The molecule has 6 heteroatoms. The number of carbonyl (C=O) groups is 3. The van der Waals surface area contributed by atoms with E-state index >= 15 is 0 Å². The highest BCUT2D eigenvalue weighted by Gasteiger charge is 2.38. The third-order valence-electron chi connectivity index (χ3n) is 5.34. The molecule has 2 saturated heterocycles. The largest absolute Gasteiger partial charge is 0.369 e. The first-order valence-electron chi connectivity index (χ1n) is 8.97. The molecule has 1 atom stereocenters. The molecule has 134 valence electrons. The van der Waals surface area contributed by atoms with Crippen molar-refractivity contribution in [2.24, 2.45) is 17.6 Å². The number of benzene rings is 1. The van der Waals surface area contributed by atoms with Crippen LogP contribution in [0.1, 0.15) is 31.7 Å². The second-order valence-electron chi connectivity index (χ2n) is 6.93. The van der Waals surface area contributed by atoms with Gasteiger partial charge in [-0.2, -0.15) is 0 Å². The molecule has 2 heterocycles. The third-order valence-corrected chi connectivity index (χ3v) is 5.34. The van der Waals surface area contributed by atoms with Crippen molar-refractivity contribution in [2.45, 2.75) is 32.6 Å². The number of piperidine rings is 1. The topological polar surface area (TPSA) is 83.7 Å². The number of carbonyl (C=O) groups excluding carboxylic acids is 3. The van der Waals surface area contributed by atoms with E-state index in [1.165, 1.54) is 5.56 Å². The minimum Gasteiger partial charge on any atom is -0.369 e. The van der Waals surface area contributed by atoms with Gasteiger partial charge in [0.2, 0.25) is 17.7 Å². The van der Waals surface area contributed by atoms with E-state index in [0.717, 1.165) is 12.1 Å². The second kappa shape index (κ2) is 7.25.